The maximum Gasteiger partial charge on any atom is 0.311 e. The van der Waals surface area contributed by atoms with Gasteiger partial charge in [-0.15, -0.1) is 18.8 Å². The summed E-state index contributed by atoms with van der Waals surface area (Å²) in [5, 5.41) is 0. The molecule has 3 heterocycles. The fourth-order valence-electron chi connectivity index (χ4n) is 6.66. The number of hydrogen-bond donors (Lipinski definition) is 0. The summed E-state index contributed by atoms with van der Waals surface area (Å²) in [7, 11) is 0. The number of esters is 1. The van der Waals surface area contributed by atoms with E-state index in [0.29, 0.717) is 24.6 Å². The Kier molecular flexibility index (Phi) is 13.1. The van der Waals surface area contributed by atoms with Gasteiger partial charge in [0.2, 0.25) is 0 Å². The molecule has 0 N–H and O–H groups in total. The number of aryl methyl sites for hydroxylation is 1. The molecular weight excluding hydrogens is 532 g/mol. The zero-order valence-electron chi connectivity index (χ0n) is 26.1. The number of benzene rings is 1. The van der Waals surface area contributed by atoms with Crippen molar-refractivity contribution in [2.24, 2.45) is 5.92 Å². The van der Waals surface area contributed by atoms with Crippen molar-refractivity contribution in [1.82, 2.24) is 9.80 Å². The average molecular weight is 585 g/mol. The van der Waals surface area contributed by atoms with Crippen LogP contribution in [0.2, 0.25) is 0 Å². The molecule has 1 fully saturated rings. The van der Waals surface area contributed by atoms with Crippen molar-refractivity contribution < 1.29 is 14.3 Å². The van der Waals surface area contributed by atoms with E-state index in [1.54, 1.807) is 0 Å². The highest BCUT2D eigenvalue weighted by Crippen LogP contribution is 2.48. The predicted molar refractivity (Wildman–Crippen MR) is 172 cm³/mol. The minimum absolute atomic E-state index is 0. The smallest absolute Gasteiger partial charge is 0.311 e. The van der Waals surface area contributed by atoms with Gasteiger partial charge >= 0.3 is 5.97 Å². The van der Waals surface area contributed by atoms with Crippen molar-refractivity contribution in [1.29, 1.82) is 0 Å². The zero-order valence-corrected chi connectivity index (χ0v) is 26.9. The molecule has 1 atom stereocenters. The van der Waals surface area contributed by atoms with Crippen LogP contribution in [-0.2, 0) is 11.2 Å². The van der Waals surface area contributed by atoms with Crippen LogP contribution in [0.3, 0.4) is 0 Å². The van der Waals surface area contributed by atoms with E-state index >= 15 is 0 Å². The van der Waals surface area contributed by atoms with E-state index < -0.39 is 5.60 Å². The van der Waals surface area contributed by atoms with Gasteiger partial charge in [0.25, 0.3) is 0 Å². The summed E-state index contributed by atoms with van der Waals surface area (Å²) in [5.41, 5.74) is 4.27. The van der Waals surface area contributed by atoms with Crippen molar-refractivity contribution in [2.45, 2.75) is 110 Å². The van der Waals surface area contributed by atoms with E-state index in [0.717, 1.165) is 69.7 Å². The largest absolute Gasteiger partial charge is 0.483 e. The lowest BCUT2D eigenvalue weighted by molar-refractivity contribution is -0.134. The van der Waals surface area contributed by atoms with Crippen LogP contribution in [-0.4, -0.2) is 60.6 Å². The lowest BCUT2D eigenvalue weighted by Gasteiger charge is -2.42. The summed E-state index contributed by atoms with van der Waals surface area (Å²) in [5.74, 6) is 4.85. The standard InChI is InChI=1S/C35H52N2O3.ClH/c1-6-8-10-14-27(3)16-17-28-24-31(39-33(38)15-13-22-36-20-11-9-12-21-36)34-29-26-37(19-7-2)23-18-30(29)35(4,5)40-32(34)25-28;/h2,24-25,27H,6,8-23,26H2,1,3-5H3;1H. The number of carbonyl (C=O) groups is 1. The molecule has 1 aromatic rings. The lowest BCUT2D eigenvalue weighted by Crippen LogP contribution is -2.42. The molecule has 0 saturated carbocycles. The first kappa shape index (κ1) is 33.5. The van der Waals surface area contributed by atoms with E-state index in [4.69, 9.17) is 15.9 Å². The van der Waals surface area contributed by atoms with Crippen LogP contribution in [0.4, 0.5) is 0 Å². The SMILES string of the molecule is C#CCN1CCC2=C(C1)c1c(OC(=O)CCCN3CCCCC3)cc(CCC(C)CCCCC)cc1OC2(C)C.Cl. The third-order valence-corrected chi connectivity index (χ3v) is 9.01. The number of rotatable bonds is 13. The number of nitrogens with zero attached hydrogens (tertiary/aromatic N) is 2. The van der Waals surface area contributed by atoms with Crippen molar-refractivity contribution in [3.8, 4) is 23.8 Å². The van der Waals surface area contributed by atoms with E-state index in [2.05, 4.69) is 55.5 Å². The van der Waals surface area contributed by atoms with Crippen LogP contribution in [0.1, 0.15) is 109 Å². The Bertz CT molecular complexity index is 1080. The maximum atomic E-state index is 13.2. The van der Waals surface area contributed by atoms with E-state index in [-0.39, 0.29) is 18.4 Å². The minimum atomic E-state index is -0.396. The molecule has 1 aromatic carbocycles. The first-order chi connectivity index (χ1) is 19.3. The molecule has 0 radical (unpaired) electrons. The minimum Gasteiger partial charge on any atom is -0.483 e. The van der Waals surface area contributed by atoms with Crippen LogP contribution < -0.4 is 9.47 Å². The molecule has 0 aromatic heterocycles. The van der Waals surface area contributed by atoms with Gasteiger partial charge in [-0.05, 0) is 107 Å². The number of carbonyl (C=O) groups excluding carboxylic acids is 1. The summed E-state index contributed by atoms with van der Waals surface area (Å²) >= 11 is 0. The van der Waals surface area contributed by atoms with E-state index in [1.807, 2.05) is 0 Å². The number of terminal acetylenes is 1. The fraction of sp³-hybridized carbons (Fsp3) is 0.686. The number of hydrogen-bond acceptors (Lipinski definition) is 5. The molecule has 1 saturated heterocycles. The van der Waals surface area contributed by atoms with E-state index in [9.17, 15) is 4.79 Å². The number of piperidine rings is 1. The molecule has 1 unspecified atom stereocenters. The molecule has 6 heteroatoms. The first-order valence-electron chi connectivity index (χ1n) is 16.0. The molecule has 5 nitrogen and oxygen atoms in total. The Morgan fingerprint density at radius 2 is 1.88 bits per heavy atom. The third kappa shape index (κ3) is 9.24. The number of likely N-dealkylation sites (tertiary alicyclic amines) is 1. The van der Waals surface area contributed by atoms with Gasteiger partial charge in [0.15, 0.2) is 0 Å². The van der Waals surface area contributed by atoms with Crippen molar-refractivity contribution in [3.63, 3.8) is 0 Å². The zero-order chi connectivity index (χ0) is 28.5. The molecule has 0 spiro atoms. The fourth-order valence-corrected chi connectivity index (χ4v) is 6.66. The van der Waals surface area contributed by atoms with Crippen LogP contribution in [0.5, 0.6) is 11.5 Å². The predicted octanol–water partition coefficient (Wildman–Crippen LogP) is 7.69. The van der Waals surface area contributed by atoms with Gasteiger partial charge in [-0.25, -0.2) is 0 Å². The molecule has 0 amide bonds. The summed E-state index contributed by atoms with van der Waals surface area (Å²) < 4.78 is 12.9. The lowest BCUT2D eigenvalue weighted by atomic mass is 9.81. The normalized spacial score (nSPS) is 19.3. The molecular formula is C35H53ClN2O3. The second-order valence-corrected chi connectivity index (χ2v) is 12.8. The Balaban J connectivity index is 0.00000462. The second-order valence-electron chi connectivity index (χ2n) is 12.8. The molecule has 0 bridgehead atoms. The second kappa shape index (κ2) is 16.0. The molecule has 4 rings (SSSR count). The Morgan fingerprint density at radius 1 is 1.10 bits per heavy atom. The van der Waals surface area contributed by atoms with Gasteiger partial charge in [-0.2, -0.15) is 0 Å². The summed E-state index contributed by atoms with van der Waals surface area (Å²) in [6.07, 6.45) is 18.9. The van der Waals surface area contributed by atoms with Crippen LogP contribution in [0.15, 0.2) is 17.7 Å². The molecule has 0 aliphatic carbocycles. The highest BCUT2D eigenvalue weighted by atomic mass is 35.5. The van der Waals surface area contributed by atoms with Gasteiger partial charge in [-0.1, -0.05) is 51.9 Å². The molecule has 3 aliphatic heterocycles. The summed E-state index contributed by atoms with van der Waals surface area (Å²) in [6.45, 7) is 14.5. The van der Waals surface area contributed by atoms with Crippen molar-refractivity contribution >= 4 is 23.9 Å². The molecule has 3 aliphatic rings. The summed E-state index contributed by atoms with van der Waals surface area (Å²) in [4.78, 5) is 18.0. The topological polar surface area (TPSA) is 42.0 Å². The highest BCUT2D eigenvalue weighted by Gasteiger charge is 2.39. The first-order valence-corrected chi connectivity index (χ1v) is 16.0. The molecule has 228 valence electrons. The Labute approximate surface area is 255 Å². The number of halogens is 1. The van der Waals surface area contributed by atoms with Crippen LogP contribution in [0, 0.1) is 18.3 Å². The quantitative estimate of drug-likeness (QED) is 0.103. The molecule has 41 heavy (non-hydrogen) atoms. The van der Waals surface area contributed by atoms with Crippen molar-refractivity contribution in [2.75, 3.05) is 39.3 Å². The van der Waals surface area contributed by atoms with Crippen molar-refractivity contribution in [3.05, 3.63) is 28.8 Å². The number of unbranched alkanes of at least 4 members (excludes halogenated alkanes) is 2. The van der Waals surface area contributed by atoms with Crippen LogP contribution >= 0.6 is 12.4 Å². The van der Waals surface area contributed by atoms with Gasteiger partial charge in [0, 0.05) is 19.5 Å². The third-order valence-electron chi connectivity index (χ3n) is 9.01. The van der Waals surface area contributed by atoms with E-state index in [1.165, 1.54) is 61.7 Å². The number of ether oxygens (including phenoxy) is 2. The average Bonchev–Trinajstić information content (AvgIpc) is 2.92. The highest BCUT2D eigenvalue weighted by molar-refractivity contribution is 5.85. The Hall–Kier alpha value is -2.00. The van der Waals surface area contributed by atoms with Gasteiger partial charge in [0.1, 0.15) is 17.1 Å². The van der Waals surface area contributed by atoms with Gasteiger partial charge < -0.3 is 14.4 Å². The number of fused-ring (bicyclic) bond motifs is 2. The monoisotopic (exact) mass is 584 g/mol. The maximum absolute atomic E-state index is 13.2. The van der Waals surface area contributed by atoms with Gasteiger partial charge in [0.05, 0.1) is 12.1 Å². The van der Waals surface area contributed by atoms with Gasteiger partial charge in [-0.3, -0.25) is 9.69 Å². The summed E-state index contributed by atoms with van der Waals surface area (Å²) in [6, 6.07) is 4.32. The van der Waals surface area contributed by atoms with Crippen LogP contribution in [0.25, 0.3) is 5.57 Å². The Morgan fingerprint density at radius 3 is 2.61 bits per heavy atom.